The van der Waals surface area contributed by atoms with Crippen molar-refractivity contribution in [3.05, 3.63) is 47.7 Å². The van der Waals surface area contributed by atoms with Gasteiger partial charge in [0.1, 0.15) is 5.56 Å². The Morgan fingerprint density at radius 2 is 1.78 bits per heavy atom. The minimum atomic E-state index is 0.261. The average molecular weight is 240 g/mol. The van der Waals surface area contributed by atoms with Crippen LogP contribution in [0.25, 0.3) is 0 Å². The molecule has 0 unspecified atom stereocenters. The van der Waals surface area contributed by atoms with Gasteiger partial charge < -0.3 is 9.47 Å². The van der Waals surface area contributed by atoms with E-state index in [4.69, 9.17) is 9.47 Å². The van der Waals surface area contributed by atoms with Crippen LogP contribution in [-0.4, -0.2) is 24.2 Å². The second kappa shape index (κ2) is 5.69. The lowest BCUT2D eigenvalue weighted by Gasteiger charge is -2.03. The van der Waals surface area contributed by atoms with Gasteiger partial charge in [0.25, 0.3) is 0 Å². The van der Waals surface area contributed by atoms with E-state index in [0.717, 1.165) is 5.56 Å². The third-order valence-corrected chi connectivity index (χ3v) is 2.22. The van der Waals surface area contributed by atoms with Crippen LogP contribution in [0.4, 0.5) is 0 Å². The van der Waals surface area contributed by atoms with Gasteiger partial charge in [0.15, 0.2) is 0 Å². The molecule has 0 aliphatic heterocycles. The first kappa shape index (κ1) is 11.9. The Hall–Kier alpha value is -2.54. The van der Waals surface area contributed by atoms with E-state index in [1.54, 1.807) is 6.20 Å². The summed E-state index contributed by atoms with van der Waals surface area (Å²) in [6.07, 6.45) is 1.58. The van der Waals surface area contributed by atoms with Crippen molar-refractivity contribution in [1.82, 2.24) is 9.97 Å². The highest BCUT2D eigenvalue weighted by atomic mass is 16.5. The molecule has 0 fully saturated rings. The van der Waals surface area contributed by atoms with Crippen molar-refractivity contribution >= 4 is 0 Å². The topological polar surface area (TPSA) is 44.2 Å². The van der Waals surface area contributed by atoms with Crippen LogP contribution >= 0.6 is 0 Å². The average Bonchev–Trinajstić information content (AvgIpc) is 2.46. The lowest BCUT2D eigenvalue weighted by molar-refractivity contribution is 0.351. The van der Waals surface area contributed by atoms with Gasteiger partial charge in [-0.15, -0.1) is 0 Å². The number of methoxy groups -OCH3 is 2. The Balaban J connectivity index is 2.32. The van der Waals surface area contributed by atoms with Crippen molar-refractivity contribution < 1.29 is 9.47 Å². The molecular weight excluding hydrogens is 228 g/mol. The van der Waals surface area contributed by atoms with Crippen molar-refractivity contribution in [2.45, 2.75) is 0 Å². The molecule has 0 N–H and O–H groups in total. The summed E-state index contributed by atoms with van der Waals surface area (Å²) in [6.45, 7) is 0. The van der Waals surface area contributed by atoms with Gasteiger partial charge in [-0.2, -0.15) is 4.98 Å². The van der Waals surface area contributed by atoms with Crippen LogP contribution in [-0.2, 0) is 0 Å². The number of aromatic nitrogens is 2. The summed E-state index contributed by atoms with van der Waals surface area (Å²) in [5.74, 6) is 6.41. The van der Waals surface area contributed by atoms with Crippen LogP contribution in [0.5, 0.6) is 11.9 Å². The smallest absolute Gasteiger partial charge is 0.319 e. The number of benzene rings is 1. The van der Waals surface area contributed by atoms with E-state index >= 15 is 0 Å². The van der Waals surface area contributed by atoms with Crippen molar-refractivity contribution in [1.29, 1.82) is 0 Å². The standard InChI is InChI=1S/C14H12N2O2/c1-17-13-12(10-15-14(16-13)18-2)9-8-11-6-4-3-5-7-11/h3-7,10H,1-2H3. The lowest BCUT2D eigenvalue weighted by atomic mass is 10.2. The van der Waals surface area contributed by atoms with E-state index in [-0.39, 0.29) is 6.01 Å². The van der Waals surface area contributed by atoms with E-state index in [1.165, 1.54) is 14.2 Å². The fourth-order valence-electron chi connectivity index (χ4n) is 1.35. The molecule has 2 rings (SSSR count). The monoisotopic (exact) mass is 240 g/mol. The molecule has 1 heterocycles. The first-order valence-corrected chi connectivity index (χ1v) is 5.35. The predicted molar refractivity (Wildman–Crippen MR) is 67.6 cm³/mol. The maximum Gasteiger partial charge on any atom is 0.319 e. The molecule has 4 heteroatoms. The molecule has 0 bridgehead atoms. The third kappa shape index (κ3) is 2.77. The van der Waals surface area contributed by atoms with Crippen LogP contribution in [0.3, 0.4) is 0 Å². The van der Waals surface area contributed by atoms with Crippen LogP contribution in [0.15, 0.2) is 36.5 Å². The summed E-state index contributed by atoms with van der Waals surface area (Å²) >= 11 is 0. The van der Waals surface area contributed by atoms with E-state index < -0.39 is 0 Å². The fraction of sp³-hybridized carbons (Fsp3) is 0.143. The van der Waals surface area contributed by atoms with Gasteiger partial charge in [-0.3, -0.25) is 0 Å². The summed E-state index contributed by atoms with van der Waals surface area (Å²) in [6, 6.07) is 9.95. The van der Waals surface area contributed by atoms with Crippen LogP contribution in [0.1, 0.15) is 11.1 Å². The maximum absolute atomic E-state index is 5.14. The van der Waals surface area contributed by atoms with Gasteiger partial charge in [0.2, 0.25) is 5.88 Å². The van der Waals surface area contributed by atoms with Crippen molar-refractivity contribution in [2.75, 3.05) is 14.2 Å². The van der Waals surface area contributed by atoms with Crippen LogP contribution in [0, 0.1) is 11.8 Å². The van der Waals surface area contributed by atoms with E-state index in [0.29, 0.717) is 11.4 Å². The second-order valence-corrected chi connectivity index (χ2v) is 3.40. The van der Waals surface area contributed by atoms with Gasteiger partial charge in [-0.1, -0.05) is 30.0 Å². The van der Waals surface area contributed by atoms with Gasteiger partial charge in [0, 0.05) is 5.56 Å². The Labute approximate surface area is 106 Å². The molecule has 1 aromatic carbocycles. The minimum absolute atomic E-state index is 0.261. The summed E-state index contributed by atoms with van der Waals surface area (Å²) in [5, 5.41) is 0. The summed E-state index contributed by atoms with van der Waals surface area (Å²) < 4.78 is 10.1. The molecule has 0 saturated carbocycles. The molecule has 0 spiro atoms. The van der Waals surface area contributed by atoms with Crippen LogP contribution in [0.2, 0.25) is 0 Å². The zero-order chi connectivity index (χ0) is 12.8. The van der Waals surface area contributed by atoms with E-state index in [9.17, 15) is 0 Å². The van der Waals surface area contributed by atoms with Crippen molar-refractivity contribution in [3.8, 4) is 23.7 Å². The maximum atomic E-state index is 5.14. The third-order valence-electron chi connectivity index (χ3n) is 2.22. The summed E-state index contributed by atoms with van der Waals surface area (Å²) in [7, 11) is 3.04. The van der Waals surface area contributed by atoms with Gasteiger partial charge >= 0.3 is 6.01 Å². The molecule has 0 aliphatic rings. The Bertz CT molecular complexity index is 586. The largest absolute Gasteiger partial charge is 0.480 e. The van der Waals surface area contributed by atoms with Crippen molar-refractivity contribution in [3.63, 3.8) is 0 Å². The summed E-state index contributed by atoms with van der Waals surface area (Å²) in [5.41, 5.74) is 1.55. The molecule has 0 radical (unpaired) electrons. The molecule has 0 atom stereocenters. The van der Waals surface area contributed by atoms with Crippen molar-refractivity contribution in [2.24, 2.45) is 0 Å². The first-order valence-electron chi connectivity index (χ1n) is 5.35. The number of rotatable bonds is 2. The van der Waals surface area contributed by atoms with Crippen LogP contribution < -0.4 is 9.47 Å². The molecule has 1 aromatic heterocycles. The first-order chi connectivity index (χ1) is 8.83. The normalized spacial score (nSPS) is 9.22. The number of ether oxygens (including phenoxy) is 2. The van der Waals surface area contributed by atoms with Gasteiger partial charge in [-0.25, -0.2) is 4.98 Å². The Morgan fingerprint density at radius 1 is 1.00 bits per heavy atom. The predicted octanol–water partition coefficient (Wildman–Crippen LogP) is 1.89. The molecule has 0 amide bonds. The Kier molecular flexibility index (Phi) is 3.77. The molecular formula is C14H12N2O2. The fourth-order valence-corrected chi connectivity index (χ4v) is 1.35. The second-order valence-electron chi connectivity index (χ2n) is 3.40. The molecule has 0 saturated heterocycles. The van der Waals surface area contributed by atoms with Gasteiger partial charge in [0.05, 0.1) is 20.4 Å². The van der Waals surface area contributed by atoms with Gasteiger partial charge in [-0.05, 0) is 12.1 Å². The van der Waals surface area contributed by atoms with E-state index in [2.05, 4.69) is 21.8 Å². The SMILES string of the molecule is COc1ncc(C#Cc2ccccc2)c(OC)n1. The quantitative estimate of drug-likeness (QED) is 0.752. The lowest BCUT2D eigenvalue weighted by Crippen LogP contribution is -1.97. The zero-order valence-electron chi connectivity index (χ0n) is 10.2. The molecule has 18 heavy (non-hydrogen) atoms. The molecule has 2 aromatic rings. The Morgan fingerprint density at radius 3 is 2.44 bits per heavy atom. The number of hydrogen-bond donors (Lipinski definition) is 0. The zero-order valence-corrected chi connectivity index (χ0v) is 10.2. The molecule has 90 valence electrons. The molecule has 4 nitrogen and oxygen atoms in total. The summed E-state index contributed by atoms with van der Waals surface area (Å²) in [4.78, 5) is 8.07. The molecule has 0 aliphatic carbocycles. The highest BCUT2D eigenvalue weighted by molar-refractivity contribution is 5.46. The number of nitrogens with zero attached hydrogens (tertiary/aromatic N) is 2. The highest BCUT2D eigenvalue weighted by Crippen LogP contribution is 2.15. The number of hydrogen-bond acceptors (Lipinski definition) is 4. The minimum Gasteiger partial charge on any atom is -0.480 e. The highest BCUT2D eigenvalue weighted by Gasteiger charge is 2.05. The van der Waals surface area contributed by atoms with E-state index in [1.807, 2.05) is 30.3 Å².